The van der Waals surface area contributed by atoms with Gasteiger partial charge >= 0.3 is 5.97 Å². The first-order valence-corrected chi connectivity index (χ1v) is 5.49. The van der Waals surface area contributed by atoms with Gasteiger partial charge in [-0.2, -0.15) is 0 Å². The van der Waals surface area contributed by atoms with Gasteiger partial charge in [-0.1, -0.05) is 30.3 Å². The molecule has 1 heterocycles. The molecule has 0 spiro atoms. The Kier molecular flexibility index (Phi) is 3.50. The van der Waals surface area contributed by atoms with Gasteiger partial charge in [0.1, 0.15) is 0 Å². The summed E-state index contributed by atoms with van der Waals surface area (Å²) in [6, 6.07) is 11.6. The fraction of sp³-hybridized carbons (Fsp3) is 0.143. The van der Waals surface area contributed by atoms with Crippen molar-refractivity contribution in [2.45, 2.75) is 6.92 Å². The van der Waals surface area contributed by atoms with Crippen LogP contribution in [0, 0.1) is 0 Å². The summed E-state index contributed by atoms with van der Waals surface area (Å²) < 4.78 is 4.94. The van der Waals surface area contributed by atoms with E-state index in [0.29, 0.717) is 12.2 Å². The Labute approximate surface area is 100 Å². The molecule has 0 saturated carbocycles. The second-order valence-electron chi connectivity index (χ2n) is 3.55. The summed E-state index contributed by atoms with van der Waals surface area (Å²) in [4.78, 5) is 15.6. The van der Waals surface area contributed by atoms with Crippen LogP contribution < -0.4 is 0 Å². The summed E-state index contributed by atoms with van der Waals surface area (Å²) in [7, 11) is 0. The minimum Gasteiger partial charge on any atom is -0.462 e. The van der Waals surface area contributed by atoms with Crippen molar-refractivity contribution in [3.8, 4) is 11.1 Å². The summed E-state index contributed by atoms with van der Waals surface area (Å²) >= 11 is 0. The lowest BCUT2D eigenvalue weighted by atomic mass is 10.1. The van der Waals surface area contributed by atoms with Crippen LogP contribution in [0.4, 0.5) is 0 Å². The number of esters is 1. The van der Waals surface area contributed by atoms with Crippen molar-refractivity contribution in [2.24, 2.45) is 0 Å². The van der Waals surface area contributed by atoms with Crippen LogP contribution in [0.2, 0.25) is 0 Å². The fourth-order valence-electron chi connectivity index (χ4n) is 1.55. The van der Waals surface area contributed by atoms with Crippen molar-refractivity contribution in [1.29, 1.82) is 0 Å². The quantitative estimate of drug-likeness (QED) is 0.757. The Balaban J connectivity index is 2.32. The smallest absolute Gasteiger partial charge is 0.339 e. The summed E-state index contributed by atoms with van der Waals surface area (Å²) in [5.74, 6) is -0.335. The molecule has 0 radical (unpaired) electrons. The number of rotatable bonds is 3. The minimum absolute atomic E-state index is 0.335. The molecule has 0 fully saturated rings. The molecule has 0 bridgehead atoms. The van der Waals surface area contributed by atoms with Crippen molar-refractivity contribution >= 4 is 5.97 Å². The van der Waals surface area contributed by atoms with Crippen LogP contribution in [0.15, 0.2) is 48.8 Å². The fourth-order valence-corrected chi connectivity index (χ4v) is 1.55. The molecule has 0 unspecified atom stereocenters. The van der Waals surface area contributed by atoms with Crippen LogP contribution in [-0.2, 0) is 4.74 Å². The topological polar surface area (TPSA) is 39.2 Å². The molecular formula is C14H13NO2. The standard InChI is InChI=1S/C14H13NO2/c1-2-17-14(16)13-8-12(9-15-10-13)11-6-4-3-5-7-11/h3-10H,2H2,1H3. The van der Waals surface area contributed by atoms with Gasteiger partial charge in [-0.3, -0.25) is 4.98 Å². The van der Waals surface area contributed by atoms with Gasteiger partial charge in [0.05, 0.1) is 12.2 Å². The van der Waals surface area contributed by atoms with Gasteiger partial charge in [-0.05, 0) is 18.6 Å². The maximum Gasteiger partial charge on any atom is 0.339 e. The third-order valence-electron chi connectivity index (χ3n) is 2.36. The molecule has 0 amide bonds. The zero-order chi connectivity index (χ0) is 12.1. The highest BCUT2D eigenvalue weighted by Crippen LogP contribution is 2.18. The Morgan fingerprint density at radius 3 is 2.65 bits per heavy atom. The molecule has 86 valence electrons. The van der Waals surface area contributed by atoms with Crippen LogP contribution in [0.1, 0.15) is 17.3 Å². The first-order chi connectivity index (χ1) is 8.31. The molecule has 0 N–H and O–H groups in total. The Morgan fingerprint density at radius 2 is 1.94 bits per heavy atom. The number of benzene rings is 1. The molecule has 3 heteroatoms. The van der Waals surface area contributed by atoms with Crippen molar-refractivity contribution in [2.75, 3.05) is 6.61 Å². The zero-order valence-corrected chi connectivity index (χ0v) is 9.59. The molecule has 0 saturated heterocycles. The number of nitrogens with zero attached hydrogens (tertiary/aromatic N) is 1. The van der Waals surface area contributed by atoms with E-state index < -0.39 is 0 Å². The molecule has 0 aliphatic rings. The van der Waals surface area contributed by atoms with E-state index in [0.717, 1.165) is 11.1 Å². The maximum atomic E-state index is 11.6. The number of pyridine rings is 1. The average molecular weight is 227 g/mol. The molecule has 2 rings (SSSR count). The number of ether oxygens (including phenoxy) is 1. The lowest BCUT2D eigenvalue weighted by Crippen LogP contribution is -2.05. The van der Waals surface area contributed by atoms with Crippen molar-refractivity contribution in [3.63, 3.8) is 0 Å². The molecule has 2 aromatic rings. The van der Waals surface area contributed by atoms with E-state index in [1.165, 1.54) is 6.20 Å². The third-order valence-corrected chi connectivity index (χ3v) is 2.36. The normalized spacial score (nSPS) is 9.94. The van der Waals surface area contributed by atoms with Crippen LogP contribution in [0.25, 0.3) is 11.1 Å². The van der Waals surface area contributed by atoms with Gasteiger partial charge in [-0.25, -0.2) is 4.79 Å². The molecular weight excluding hydrogens is 214 g/mol. The highest BCUT2D eigenvalue weighted by molar-refractivity contribution is 5.90. The van der Waals surface area contributed by atoms with Gasteiger partial charge < -0.3 is 4.74 Å². The van der Waals surface area contributed by atoms with E-state index in [-0.39, 0.29) is 5.97 Å². The van der Waals surface area contributed by atoms with Crippen molar-refractivity contribution in [3.05, 3.63) is 54.4 Å². The Morgan fingerprint density at radius 1 is 1.18 bits per heavy atom. The number of carbonyl (C=O) groups is 1. The number of hydrogen-bond donors (Lipinski definition) is 0. The lowest BCUT2D eigenvalue weighted by molar-refractivity contribution is 0.0526. The average Bonchev–Trinajstić information content (AvgIpc) is 2.40. The van der Waals surface area contributed by atoms with Crippen LogP contribution >= 0.6 is 0 Å². The van der Waals surface area contributed by atoms with Gasteiger partial charge in [-0.15, -0.1) is 0 Å². The van der Waals surface area contributed by atoms with E-state index in [4.69, 9.17) is 4.74 Å². The molecule has 0 aliphatic carbocycles. The number of carbonyl (C=O) groups excluding carboxylic acids is 1. The van der Waals surface area contributed by atoms with Crippen LogP contribution in [-0.4, -0.2) is 17.6 Å². The Bertz CT molecular complexity index is 509. The predicted octanol–water partition coefficient (Wildman–Crippen LogP) is 2.93. The van der Waals surface area contributed by atoms with E-state index in [9.17, 15) is 4.79 Å². The number of aromatic nitrogens is 1. The molecule has 17 heavy (non-hydrogen) atoms. The van der Waals surface area contributed by atoms with Crippen molar-refractivity contribution in [1.82, 2.24) is 4.98 Å². The minimum atomic E-state index is -0.335. The SMILES string of the molecule is CCOC(=O)c1cncc(-c2ccccc2)c1. The third kappa shape index (κ3) is 2.69. The van der Waals surface area contributed by atoms with Gasteiger partial charge in [0.2, 0.25) is 0 Å². The first kappa shape index (κ1) is 11.3. The van der Waals surface area contributed by atoms with E-state index in [2.05, 4.69) is 4.98 Å². The highest BCUT2D eigenvalue weighted by atomic mass is 16.5. The first-order valence-electron chi connectivity index (χ1n) is 5.49. The highest BCUT2D eigenvalue weighted by Gasteiger charge is 2.08. The monoisotopic (exact) mass is 227 g/mol. The summed E-state index contributed by atoms with van der Waals surface area (Å²) in [5.41, 5.74) is 2.43. The second-order valence-corrected chi connectivity index (χ2v) is 3.55. The van der Waals surface area contributed by atoms with Crippen LogP contribution in [0.5, 0.6) is 0 Å². The molecule has 3 nitrogen and oxygen atoms in total. The predicted molar refractivity (Wildman–Crippen MR) is 65.6 cm³/mol. The Hall–Kier alpha value is -2.16. The van der Waals surface area contributed by atoms with E-state index >= 15 is 0 Å². The largest absolute Gasteiger partial charge is 0.462 e. The van der Waals surface area contributed by atoms with Crippen LogP contribution in [0.3, 0.4) is 0 Å². The number of hydrogen-bond acceptors (Lipinski definition) is 3. The molecule has 0 aliphatic heterocycles. The maximum absolute atomic E-state index is 11.6. The summed E-state index contributed by atoms with van der Waals surface area (Å²) in [6.07, 6.45) is 3.25. The molecule has 1 aromatic heterocycles. The second kappa shape index (κ2) is 5.25. The van der Waals surface area contributed by atoms with Crippen molar-refractivity contribution < 1.29 is 9.53 Å². The molecule has 1 aromatic carbocycles. The van der Waals surface area contributed by atoms with Gasteiger partial charge in [0.15, 0.2) is 0 Å². The summed E-state index contributed by atoms with van der Waals surface area (Å²) in [6.45, 7) is 2.15. The van der Waals surface area contributed by atoms with E-state index in [1.54, 1.807) is 19.2 Å². The zero-order valence-electron chi connectivity index (χ0n) is 9.59. The lowest BCUT2D eigenvalue weighted by Gasteiger charge is -2.04. The molecule has 0 atom stereocenters. The van der Waals surface area contributed by atoms with Gasteiger partial charge in [0, 0.05) is 18.0 Å². The van der Waals surface area contributed by atoms with Gasteiger partial charge in [0.25, 0.3) is 0 Å². The summed E-state index contributed by atoms with van der Waals surface area (Å²) in [5, 5.41) is 0. The van der Waals surface area contributed by atoms with E-state index in [1.807, 2.05) is 30.3 Å².